The number of nitrogens with zero attached hydrogens (tertiary/aromatic N) is 2. The number of aromatic nitrogens is 1. The molecule has 1 saturated heterocycles. The molecule has 1 fully saturated rings. The maximum absolute atomic E-state index is 13.0. The van der Waals surface area contributed by atoms with E-state index in [1.165, 1.54) is 12.6 Å². The van der Waals surface area contributed by atoms with Crippen molar-refractivity contribution in [2.45, 2.75) is 18.7 Å². The molecule has 0 saturated carbocycles. The third-order valence-corrected chi connectivity index (χ3v) is 3.49. The third-order valence-electron chi connectivity index (χ3n) is 3.49. The van der Waals surface area contributed by atoms with Crippen LogP contribution in [0.2, 0.25) is 0 Å². The number of aliphatic hydroxyl groups is 1. The molecule has 2 heterocycles. The molecule has 0 bridgehead atoms. The lowest BCUT2D eigenvalue weighted by molar-refractivity contribution is -0.137. The molecule has 1 aliphatic rings. The molecule has 7 heteroatoms. The summed E-state index contributed by atoms with van der Waals surface area (Å²) in [6, 6.07) is 3.75. The molecule has 3 rings (SSSR count). The molecule has 112 valence electrons. The summed E-state index contributed by atoms with van der Waals surface area (Å²) in [5.74, 6) is 0.280. The molecule has 21 heavy (non-hydrogen) atoms. The molecule has 0 aliphatic carbocycles. The van der Waals surface area contributed by atoms with Crippen molar-refractivity contribution >= 4 is 5.69 Å². The van der Waals surface area contributed by atoms with E-state index in [9.17, 15) is 18.3 Å². The number of alkyl halides is 3. The van der Waals surface area contributed by atoms with Gasteiger partial charge in [0.15, 0.2) is 12.2 Å². The van der Waals surface area contributed by atoms with E-state index in [2.05, 4.69) is 4.98 Å². The quantitative estimate of drug-likeness (QED) is 0.926. The maximum Gasteiger partial charge on any atom is 0.416 e. The van der Waals surface area contributed by atoms with Crippen molar-refractivity contribution in [2.24, 2.45) is 0 Å². The molecule has 1 N–H and O–H groups in total. The van der Waals surface area contributed by atoms with Gasteiger partial charge < -0.3 is 14.4 Å². The number of anilines is 1. The lowest BCUT2D eigenvalue weighted by atomic mass is 10.1. The van der Waals surface area contributed by atoms with Crippen LogP contribution in [-0.2, 0) is 6.18 Å². The van der Waals surface area contributed by atoms with Crippen LogP contribution in [0.5, 0.6) is 0 Å². The first-order valence-electron chi connectivity index (χ1n) is 6.47. The highest BCUT2D eigenvalue weighted by Crippen LogP contribution is 2.36. The van der Waals surface area contributed by atoms with Crippen LogP contribution >= 0.6 is 0 Å². The van der Waals surface area contributed by atoms with E-state index in [4.69, 9.17) is 4.42 Å². The summed E-state index contributed by atoms with van der Waals surface area (Å²) in [4.78, 5) is 5.46. The van der Waals surface area contributed by atoms with Gasteiger partial charge >= 0.3 is 6.18 Å². The van der Waals surface area contributed by atoms with Crippen molar-refractivity contribution in [1.82, 2.24) is 4.98 Å². The van der Waals surface area contributed by atoms with Gasteiger partial charge in [-0.15, -0.1) is 0 Å². The zero-order chi connectivity index (χ0) is 15.0. The first-order valence-corrected chi connectivity index (χ1v) is 6.47. The van der Waals surface area contributed by atoms with E-state index in [0.29, 0.717) is 30.8 Å². The maximum atomic E-state index is 13.0. The van der Waals surface area contributed by atoms with Crippen LogP contribution in [0.4, 0.5) is 18.9 Å². The Morgan fingerprint density at radius 2 is 2.10 bits per heavy atom. The Morgan fingerprint density at radius 1 is 1.29 bits per heavy atom. The van der Waals surface area contributed by atoms with Gasteiger partial charge in [0.1, 0.15) is 0 Å². The van der Waals surface area contributed by atoms with E-state index in [0.717, 1.165) is 12.1 Å². The highest BCUT2D eigenvalue weighted by Gasteiger charge is 2.32. The zero-order valence-electron chi connectivity index (χ0n) is 11.0. The topological polar surface area (TPSA) is 49.5 Å². The number of aliphatic hydroxyl groups excluding tert-OH is 1. The fraction of sp³-hybridized carbons (Fsp3) is 0.357. The van der Waals surface area contributed by atoms with Crippen LogP contribution < -0.4 is 4.90 Å². The highest BCUT2D eigenvalue weighted by atomic mass is 19.4. The smallest absolute Gasteiger partial charge is 0.416 e. The van der Waals surface area contributed by atoms with E-state index in [1.807, 2.05) is 0 Å². The summed E-state index contributed by atoms with van der Waals surface area (Å²) in [6.07, 6.45) is -1.85. The minimum absolute atomic E-state index is 0.280. The van der Waals surface area contributed by atoms with Gasteiger partial charge in [-0.1, -0.05) is 0 Å². The molecule has 1 aromatic carbocycles. The Kier molecular flexibility index (Phi) is 3.36. The summed E-state index contributed by atoms with van der Waals surface area (Å²) in [6.45, 7) is 0.857. The molecule has 0 spiro atoms. The highest BCUT2D eigenvalue weighted by molar-refractivity contribution is 5.66. The minimum Gasteiger partial charge on any atom is -0.444 e. The van der Waals surface area contributed by atoms with Gasteiger partial charge in [-0.05, 0) is 24.6 Å². The molecular formula is C14H13F3N2O2. The van der Waals surface area contributed by atoms with Gasteiger partial charge in [0.2, 0.25) is 0 Å². The largest absolute Gasteiger partial charge is 0.444 e. The first-order chi connectivity index (χ1) is 9.93. The fourth-order valence-electron chi connectivity index (χ4n) is 2.43. The number of benzene rings is 1. The van der Waals surface area contributed by atoms with Gasteiger partial charge in [0, 0.05) is 24.3 Å². The molecular weight excluding hydrogens is 285 g/mol. The van der Waals surface area contributed by atoms with Crippen LogP contribution in [0.3, 0.4) is 0 Å². The Morgan fingerprint density at radius 3 is 2.67 bits per heavy atom. The standard InChI is InChI=1S/C14H13F3N2O2/c15-14(16,17)10-3-9(13-6-18-8-21-13)4-11(5-10)19-2-1-12(20)7-19/h3-6,8,12,20H,1-2,7H2/t12-/m0/s1. The summed E-state index contributed by atoms with van der Waals surface area (Å²) in [5, 5.41) is 9.55. The number of β-amino-alcohol motifs (C(OH)–C–C–N with tert-alkyl or cyclic N) is 1. The number of hydrogen-bond donors (Lipinski definition) is 1. The van der Waals surface area contributed by atoms with Gasteiger partial charge in [0.25, 0.3) is 0 Å². The second kappa shape index (κ2) is 5.07. The zero-order valence-corrected chi connectivity index (χ0v) is 11.0. The fourth-order valence-corrected chi connectivity index (χ4v) is 2.43. The Bertz CT molecular complexity index is 626. The average Bonchev–Trinajstić information content (AvgIpc) is 3.08. The van der Waals surface area contributed by atoms with Gasteiger partial charge in [0.05, 0.1) is 17.9 Å². The molecule has 0 amide bonds. The van der Waals surface area contributed by atoms with E-state index in [1.54, 1.807) is 11.0 Å². The molecule has 0 unspecified atom stereocenters. The van der Waals surface area contributed by atoms with Crippen LogP contribution in [0.15, 0.2) is 35.2 Å². The van der Waals surface area contributed by atoms with Crippen LogP contribution in [0.25, 0.3) is 11.3 Å². The van der Waals surface area contributed by atoms with Crippen molar-refractivity contribution in [3.05, 3.63) is 36.4 Å². The summed E-state index contributed by atoms with van der Waals surface area (Å²) in [7, 11) is 0. The molecule has 4 nitrogen and oxygen atoms in total. The number of halogens is 3. The van der Waals surface area contributed by atoms with Crippen LogP contribution in [-0.4, -0.2) is 29.3 Å². The normalized spacial score (nSPS) is 19.2. The predicted octanol–water partition coefficient (Wildman–Crippen LogP) is 2.93. The van der Waals surface area contributed by atoms with Gasteiger partial charge in [-0.3, -0.25) is 0 Å². The number of hydrogen-bond acceptors (Lipinski definition) is 4. The lowest BCUT2D eigenvalue weighted by Crippen LogP contribution is -2.21. The Labute approximate surface area is 118 Å². The number of oxazole rings is 1. The van der Waals surface area contributed by atoms with E-state index < -0.39 is 17.8 Å². The van der Waals surface area contributed by atoms with Crippen molar-refractivity contribution < 1.29 is 22.7 Å². The summed E-state index contributed by atoms with van der Waals surface area (Å²) in [5.41, 5.74) is -0.000667. The second-order valence-electron chi connectivity index (χ2n) is 5.02. The summed E-state index contributed by atoms with van der Waals surface area (Å²) >= 11 is 0. The molecule has 1 aliphatic heterocycles. The molecule has 1 aromatic heterocycles. The van der Waals surface area contributed by atoms with E-state index >= 15 is 0 Å². The Hall–Kier alpha value is -2.02. The second-order valence-corrected chi connectivity index (χ2v) is 5.02. The monoisotopic (exact) mass is 298 g/mol. The molecule has 2 aromatic rings. The van der Waals surface area contributed by atoms with Crippen LogP contribution in [0.1, 0.15) is 12.0 Å². The van der Waals surface area contributed by atoms with Gasteiger partial charge in [-0.2, -0.15) is 13.2 Å². The van der Waals surface area contributed by atoms with Crippen molar-refractivity contribution in [2.75, 3.05) is 18.0 Å². The third kappa shape index (κ3) is 2.87. The first kappa shape index (κ1) is 13.9. The van der Waals surface area contributed by atoms with Crippen molar-refractivity contribution in [3.63, 3.8) is 0 Å². The minimum atomic E-state index is -4.44. The van der Waals surface area contributed by atoms with E-state index in [-0.39, 0.29) is 5.76 Å². The Balaban J connectivity index is 2.05. The SMILES string of the molecule is O[C@H]1CCN(c2cc(-c3cnco3)cc(C(F)(F)F)c2)C1. The number of rotatable bonds is 2. The lowest BCUT2D eigenvalue weighted by Gasteiger charge is -2.20. The van der Waals surface area contributed by atoms with Gasteiger partial charge in [-0.25, -0.2) is 4.98 Å². The van der Waals surface area contributed by atoms with Crippen LogP contribution in [0, 0.1) is 0 Å². The molecule has 0 radical (unpaired) electrons. The van der Waals surface area contributed by atoms with Crippen molar-refractivity contribution in [1.29, 1.82) is 0 Å². The van der Waals surface area contributed by atoms with Crippen molar-refractivity contribution in [3.8, 4) is 11.3 Å². The molecule has 1 atom stereocenters. The summed E-state index contributed by atoms with van der Waals surface area (Å²) < 4.78 is 44.2. The average molecular weight is 298 g/mol. The predicted molar refractivity (Wildman–Crippen MR) is 69.8 cm³/mol.